The van der Waals surface area contributed by atoms with E-state index in [-0.39, 0.29) is 32.4 Å². The average molecular weight is 407 g/mol. The fourth-order valence-corrected chi connectivity index (χ4v) is 2.67. The van der Waals surface area contributed by atoms with Gasteiger partial charge >= 0.3 is 0 Å². The van der Waals surface area contributed by atoms with Gasteiger partial charge in [-0.1, -0.05) is 11.6 Å². The summed E-state index contributed by atoms with van der Waals surface area (Å²) in [6.45, 7) is 0. The zero-order valence-corrected chi connectivity index (χ0v) is 15.0. The van der Waals surface area contributed by atoms with Crippen molar-refractivity contribution in [3.8, 4) is 6.07 Å². The smallest absolute Gasteiger partial charge is 0.270 e. The van der Waals surface area contributed by atoms with E-state index in [1.54, 1.807) is 6.07 Å². The number of halogens is 1. The number of carbonyl (C=O) groups is 1. The van der Waals surface area contributed by atoms with Crippen LogP contribution in [0.2, 0.25) is 5.02 Å². The maximum absolute atomic E-state index is 12.2. The molecule has 3 N–H and O–H groups in total. The molecule has 0 saturated carbocycles. The number of anilines is 1. The predicted molar refractivity (Wildman–Crippen MR) is 98.1 cm³/mol. The molecule has 27 heavy (non-hydrogen) atoms. The average Bonchev–Trinajstić information content (AvgIpc) is 2.60. The van der Waals surface area contributed by atoms with Gasteiger partial charge in [-0.05, 0) is 36.4 Å². The Bertz CT molecular complexity index is 1090. The number of hydrogen-bond acceptors (Lipinski definition) is 6. The summed E-state index contributed by atoms with van der Waals surface area (Å²) in [5.41, 5.74) is -0.254. The van der Waals surface area contributed by atoms with Crippen molar-refractivity contribution >= 4 is 45.0 Å². The summed E-state index contributed by atoms with van der Waals surface area (Å²) in [4.78, 5) is 22.3. The molecule has 0 radical (unpaired) electrons. The summed E-state index contributed by atoms with van der Waals surface area (Å²) in [5.74, 6) is -0.802. The van der Waals surface area contributed by atoms with E-state index in [9.17, 15) is 28.6 Å². The monoisotopic (exact) mass is 406 g/mol. The molecule has 0 unspecified atom stereocenters. The number of amides is 1. The van der Waals surface area contributed by atoms with Gasteiger partial charge in [0.15, 0.2) is 0 Å². The highest BCUT2D eigenvalue weighted by molar-refractivity contribution is 7.89. The highest BCUT2D eigenvalue weighted by atomic mass is 35.5. The van der Waals surface area contributed by atoms with Gasteiger partial charge in [-0.25, -0.2) is 13.6 Å². The lowest BCUT2D eigenvalue weighted by Gasteiger charge is -2.06. The van der Waals surface area contributed by atoms with Crippen LogP contribution in [0.3, 0.4) is 0 Å². The minimum atomic E-state index is -3.87. The van der Waals surface area contributed by atoms with Crippen LogP contribution in [0.4, 0.5) is 11.4 Å². The second-order valence-electron chi connectivity index (χ2n) is 5.16. The second-order valence-corrected chi connectivity index (χ2v) is 7.12. The third kappa shape index (κ3) is 5.11. The topological polar surface area (TPSA) is 156 Å². The fourth-order valence-electron chi connectivity index (χ4n) is 1.99. The Balaban J connectivity index is 2.29. The molecule has 0 spiro atoms. The standard InChI is InChI=1S/C16H11ClN4O5S/c17-15-6-3-13(21(23)24)8-10(15)7-11(9-18)16(22)20-12-1-4-14(5-2-12)27(19,25)26/h1-8H,(H,20,22)(H2,19,25,26)/b11-7+. The molecule has 0 atom stereocenters. The summed E-state index contributed by atoms with van der Waals surface area (Å²) in [7, 11) is -3.87. The zero-order valence-electron chi connectivity index (χ0n) is 13.4. The van der Waals surface area contributed by atoms with E-state index in [0.29, 0.717) is 0 Å². The number of hydrogen-bond donors (Lipinski definition) is 2. The number of primary sulfonamides is 1. The maximum atomic E-state index is 12.2. The van der Waals surface area contributed by atoms with Gasteiger partial charge in [0.2, 0.25) is 10.0 Å². The summed E-state index contributed by atoms with van der Waals surface area (Å²) in [6.07, 6.45) is 1.11. The summed E-state index contributed by atoms with van der Waals surface area (Å²) in [6, 6.07) is 10.3. The Hall–Kier alpha value is -3.26. The number of nitrogens with one attached hydrogen (secondary N) is 1. The van der Waals surface area contributed by atoms with E-state index in [2.05, 4.69) is 5.32 Å². The Morgan fingerprint density at radius 2 is 1.89 bits per heavy atom. The molecule has 0 aliphatic heterocycles. The molecule has 0 saturated heterocycles. The van der Waals surface area contributed by atoms with E-state index in [1.807, 2.05) is 0 Å². The third-order valence-corrected chi connectivity index (χ3v) is 4.57. The van der Waals surface area contributed by atoms with Crippen LogP contribution in [0.5, 0.6) is 0 Å². The first-order valence-corrected chi connectivity index (χ1v) is 9.04. The molecule has 0 bridgehead atoms. The molecule has 9 nitrogen and oxygen atoms in total. The fraction of sp³-hybridized carbons (Fsp3) is 0. The van der Waals surface area contributed by atoms with Gasteiger partial charge in [-0.3, -0.25) is 14.9 Å². The summed E-state index contributed by atoms with van der Waals surface area (Å²) >= 11 is 5.95. The van der Waals surface area contributed by atoms with Gasteiger partial charge in [0, 0.05) is 28.4 Å². The van der Waals surface area contributed by atoms with Gasteiger partial charge < -0.3 is 5.32 Å². The molecule has 2 aromatic carbocycles. The predicted octanol–water partition coefficient (Wildman–Crippen LogP) is 2.44. The van der Waals surface area contributed by atoms with Crippen molar-refractivity contribution in [3.05, 3.63) is 68.7 Å². The zero-order chi connectivity index (χ0) is 20.2. The number of nitro benzene ring substituents is 1. The highest BCUT2D eigenvalue weighted by Gasteiger charge is 2.14. The van der Waals surface area contributed by atoms with E-state index in [4.69, 9.17) is 16.7 Å². The van der Waals surface area contributed by atoms with Crippen LogP contribution in [0.15, 0.2) is 52.9 Å². The molecule has 138 valence electrons. The molecule has 0 heterocycles. The van der Waals surface area contributed by atoms with Gasteiger partial charge in [0.25, 0.3) is 11.6 Å². The first kappa shape index (κ1) is 20.1. The van der Waals surface area contributed by atoms with Crippen LogP contribution in [0, 0.1) is 21.4 Å². The number of non-ortho nitro benzene ring substituents is 1. The molecule has 0 aliphatic carbocycles. The largest absolute Gasteiger partial charge is 0.321 e. The Labute approximate surface area is 158 Å². The Morgan fingerprint density at radius 3 is 2.41 bits per heavy atom. The molecule has 0 aliphatic rings. The van der Waals surface area contributed by atoms with Crippen LogP contribution in [0.25, 0.3) is 6.08 Å². The Kier molecular flexibility index (Phi) is 5.91. The molecule has 2 rings (SSSR count). The quantitative estimate of drug-likeness (QED) is 0.336. The summed E-state index contributed by atoms with van der Waals surface area (Å²) < 4.78 is 22.4. The van der Waals surface area contributed by atoms with Crippen LogP contribution in [0.1, 0.15) is 5.56 Å². The van der Waals surface area contributed by atoms with Gasteiger partial charge in [0.1, 0.15) is 11.6 Å². The number of benzene rings is 2. The van der Waals surface area contributed by atoms with Crippen molar-refractivity contribution in [1.29, 1.82) is 5.26 Å². The number of nitro groups is 1. The molecule has 0 fully saturated rings. The number of nitriles is 1. The van der Waals surface area contributed by atoms with E-state index >= 15 is 0 Å². The molecule has 0 aromatic heterocycles. The summed E-state index contributed by atoms with van der Waals surface area (Å²) in [5, 5.41) is 27.6. The lowest BCUT2D eigenvalue weighted by molar-refractivity contribution is -0.384. The second kappa shape index (κ2) is 7.96. The first-order valence-electron chi connectivity index (χ1n) is 7.12. The number of carbonyl (C=O) groups excluding carboxylic acids is 1. The van der Waals surface area contributed by atoms with Crippen molar-refractivity contribution in [1.82, 2.24) is 0 Å². The van der Waals surface area contributed by atoms with Gasteiger partial charge in [-0.15, -0.1) is 0 Å². The number of nitrogens with zero attached hydrogens (tertiary/aromatic N) is 2. The highest BCUT2D eigenvalue weighted by Crippen LogP contribution is 2.24. The van der Waals surface area contributed by atoms with Gasteiger partial charge in [-0.2, -0.15) is 5.26 Å². The van der Waals surface area contributed by atoms with Crippen molar-refractivity contribution < 1.29 is 18.1 Å². The lowest BCUT2D eigenvalue weighted by Crippen LogP contribution is -2.14. The van der Waals surface area contributed by atoms with Crippen LogP contribution in [-0.4, -0.2) is 19.2 Å². The maximum Gasteiger partial charge on any atom is 0.270 e. The van der Waals surface area contributed by atoms with E-state index in [1.165, 1.54) is 36.4 Å². The van der Waals surface area contributed by atoms with Crippen molar-refractivity contribution in [2.45, 2.75) is 4.90 Å². The van der Waals surface area contributed by atoms with E-state index in [0.717, 1.165) is 12.1 Å². The van der Waals surface area contributed by atoms with Crippen LogP contribution in [-0.2, 0) is 14.8 Å². The molecule has 1 amide bonds. The first-order chi connectivity index (χ1) is 12.6. The lowest BCUT2D eigenvalue weighted by atomic mass is 10.1. The molecular weight excluding hydrogens is 396 g/mol. The molecule has 11 heteroatoms. The minimum Gasteiger partial charge on any atom is -0.321 e. The number of sulfonamides is 1. The number of nitrogens with two attached hydrogens (primary N) is 1. The number of rotatable bonds is 5. The van der Waals surface area contributed by atoms with Crippen molar-refractivity contribution in [3.63, 3.8) is 0 Å². The van der Waals surface area contributed by atoms with E-state index < -0.39 is 20.9 Å². The van der Waals surface area contributed by atoms with Crippen LogP contribution >= 0.6 is 11.6 Å². The SMILES string of the molecule is N#C/C(=C\c1cc([N+](=O)[O-])ccc1Cl)C(=O)Nc1ccc(S(N)(=O)=O)cc1. The van der Waals surface area contributed by atoms with Crippen molar-refractivity contribution in [2.75, 3.05) is 5.32 Å². The molecular formula is C16H11ClN4O5S. The normalized spacial score (nSPS) is 11.5. The Morgan fingerprint density at radius 1 is 1.26 bits per heavy atom. The minimum absolute atomic E-state index is 0.124. The van der Waals surface area contributed by atoms with Gasteiger partial charge in [0.05, 0.1) is 9.82 Å². The van der Waals surface area contributed by atoms with Crippen LogP contribution < -0.4 is 10.5 Å². The molecule has 2 aromatic rings. The third-order valence-electron chi connectivity index (χ3n) is 3.30. The van der Waals surface area contributed by atoms with Crippen molar-refractivity contribution in [2.24, 2.45) is 5.14 Å².